The fourth-order valence-electron chi connectivity index (χ4n) is 2.49. The standard InChI is InChI=1S/C16H19N3O2/c1-12-6-8-19(18-12)9-7-16(20)17-11-14-10-13-4-2-3-5-15(13)21-14/h2-6,8,14H,7,9-11H2,1H3,(H,17,20)/t14-/m1/s1. The SMILES string of the molecule is Cc1ccn(CCC(=O)NC[C@H]2Cc3ccccc3O2)n1. The van der Waals surface area contributed by atoms with Crippen LogP contribution in [0.2, 0.25) is 0 Å². The molecule has 1 aliphatic heterocycles. The van der Waals surface area contributed by atoms with Gasteiger partial charge in [-0.3, -0.25) is 9.48 Å². The summed E-state index contributed by atoms with van der Waals surface area (Å²) < 4.78 is 7.58. The fraction of sp³-hybridized carbons (Fsp3) is 0.375. The van der Waals surface area contributed by atoms with Gasteiger partial charge in [0.2, 0.25) is 5.91 Å². The number of hydrogen-bond acceptors (Lipinski definition) is 3. The number of aromatic nitrogens is 2. The summed E-state index contributed by atoms with van der Waals surface area (Å²) >= 11 is 0. The number of rotatable bonds is 5. The molecule has 1 amide bonds. The minimum absolute atomic E-state index is 0.0303. The van der Waals surface area contributed by atoms with Crippen LogP contribution in [-0.4, -0.2) is 28.3 Å². The number of aryl methyl sites for hydroxylation is 2. The van der Waals surface area contributed by atoms with Crippen molar-refractivity contribution in [3.63, 3.8) is 0 Å². The van der Waals surface area contributed by atoms with E-state index in [0.29, 0.717) is 19.5 Å². The monoisotopic (exact) mass is 285 g/mol. The van der Waals surface area contributed by atoms with E-state index in [9.17, 15) is 4.79 Å². The highest BCUT2D eigenvalue weighted by Crippen LogP contribution is 2.27. The van der Waals surface area contributed by atoms with Crippen LogP contribution in [0.25, 0.3) is 0 Å². The zero-order valence-corrected chi connectivity index (χ0v) is 12.1. The van der Waals surface area contributed by atoms with E-state index in [1.807, 2.05) is 37.4 Å². The van der Waals surface area contributed by atoms with Gasteiger partial charge in [0.15, 0.2) is 0 Å². The van der Waals surface area contributed by atoms with Crippen molar-refractivity contribution in [2.45, 2.75) is 32.4 Å². The van der Waals surface area contributed by atoms with Crippen molar-refractivity contribution in [2.24, 2.45) is 0 Å². The molecule has 0 radical (unpaired) electrons. The molecule has 1 aromatic carbocycles. The van der Waals surface area contributed by atoms with Gasteiger partial charge in [-0.1, -0.05) is 18.2 Å². The van der Waals surface area contributed by atoms with Crippen LogP contribution in [0, 0.1) is 6.92 Å². The number of nitrogens with zero attached hydrogens (tertiary/aromatic N) is 2. The van der Waals surface area contributed by atoms with Crippen molar-refractivity contribution in [3.05, 3.63) is 47.8 Å². The summed E-state index contributed by atoms with van der Waals surface area (Å²) in [7, 11) is 0. The lowest BCUT2D eigenvalue weighted by Gasteiger charge is -2.12. The van der Waals surface area contributed by atoms with E-state index in [-0.39, 0.29) is 12.0 Å². The highest BCUT2D eigenvalue weighted by Gasteiger charge is 2.22. The molecule has 2 aromatic rings. The van der Waals surface area contributed by atoms with Crippen molar-refractivity contribution in [2.75, 3.05) is 6.54 Å². The maximum absolute atomic E-state index is 11.8. The van der Waals surface area contributed by atoms with E-state index >= 15 is 0 Å². The molecule has 2 heterocycles. The van der Waals surface area contributed by atoms with Crippen molar-refractivity contribution in [3.8, 4) is 5.75 Å². The maximum atomic E-state index is 11.8. The topological polar surface area (TPSA) is 56.2 Å². The second-order valence-electron chi connectivity index (χ2n) is 5.33. The second kappa shape index (κ2) is 5.99. The lowest BCUT2D eigenvalue weighted by Crippen LogP contribution is -2.34. The average molecular weight is 285 g/mol. The normalized spacial score (nSPS) is 16.3. The molecule has 5 heteroatoms. The van der Waals surface area contributed by atoms with Crippen molar-refractivity contribution in [1.82, 2.24) is 15.1 Å². The second-order valence-corrected chi connectivity index (χ2v) is 5.33. The minimum Gasteiger partial charge on any atom is -0.488 e. The molecular formula is C16H19N3O2. The maximum Gasteiger partial charge on any atom is 0.221 e. The lowest BCUT2D eigenvalue weighted by molar-refractivity contribution is -0.121. The summed E-state index contributed by atoms with van der Waals surface area (Å²) in [5, 5.41) is 7.19. The first-order valence-electron chi connectivity index (χ1n) is 7.22. The summed E-state index contributed by atoms with van der Waals surface area (Å²) in [4.78, 5) is 11.8. The Morgan fingerprint density at radius 2 is 2.29 bits per heavy atom. The summed E-state index contributed by atoms with van der Waals surface area (Å²) in [5.41, 5.74) is 2.18. The molecule has 0 spiro atoms. The molecule has 0 saturated carbocycles. The largest absolute Gasteiger partial charge is 0.488 e. The Bertz CT molecular complexity index is 611. The minimum atomic E-state index is 0.0303. The van der Waals surface area contributed by atoms with Gasteiger partial charge in [-0.15, -0.1) is 0 Å². The molecule has 110 valence electrons. The van der Waals surface area contributed by atoms with Gasteiger partial charge in [0.25, 0.3) is 0 Å². The number of carbonyl (C=O) groups excluding carboxylic acids is 1. The van der Waals surface area contributed by atoms with E-state index in [1.54, 1.807) is 4.68 Å². The van der Waals surface area contributed by atoms with Crippen LogP contribution in [0.3, 0.4) is 0 Å². The van der Waals surface area contributed by atoms with Gasteiger partial charge in [0.05, 0.1) is 12.2 Å². The van der Waals surface area contributed by atoms with E-state index < -0.39 is 0 Å². The number of amides is 1. The first-order chi connectivity index (χ1) is 10.2. The number of benzene rings is 1. The molecule has 0 fully saturated rings. The van der Waals surface area contributed by atoms with E-state index in [0.717, 1.165) is 17.9 Å². The summed E-state index contributed by atoms with van der Waals surface area (Å²) in [6, 6.07) is 9.94. The summed E-state index contributed by atoms with van der Waals surface area (Å²) in [5.74, 6) is 0.964. The Morgan fingerprint density at radius 3 is 3.05 bits per heavy atom. The van der Waals surface area contributed by atoms with Crippen LogP contribution in [0.4, 0.5) is 0 Å². The van der Waals surface area contributed by atoms with E-state index in [4.69, 9.17) is 4.74 Å². The third kappa shape index (κ3) is 3.42. The first kappa shape index (κ1) is 13.7. The van der Waals surface area contributed by atoms with Gasteiger partial charge in [-0.2, -0.15) is 5.10 Å². The van der Waals surface area contributed by atoms with Crippen LogP contribution < -0.4 is 10.1 Å². The van der Waals surface area contributed by atoms with Crippen LogP contribution >= 0.6 is 0 Å². The zero-order valence-electron chi connectivity index (χ0n) is 12.1. The van der Waals surface area contributed by atoms with E-state index in [2.05, 4.69) is 16.5 Å². The number of carbonyl (C=O) groups is 1. The van der Waals surface area contributed by atoms with Crippen LogP contribution in [0.5, 0.6) is 5.75 Å². The molecule has 1 atom stereocenters. The fourth-order valence-corrected chi connectivity index (χ4v) is 2.49. The Balaban J connectivity index is 1.41. The number of nitrogens with one attached hydrogen (secondary N) is 1. The summed E-state index contributed by atoms with van der Waals surface area (Å²) in [6.45, 7) is 3.09. The first-order valence-corrected chi connectivity index (χ1v) is 7.22. The van der Waals surface area contributed by atoms with Gasteiger partial charge in [0, 0.05) is 25.6 Å². The molecule has 0 aliphatic carbocycles. The molecule has 1 aromatic heterocycles. The quantitative estimate of drug-likeness (QED) is 0.909. The van der Waals surface area contributed by atoms with Gasteiger partial charge < -0.3 is 10.1 Å². The highest BCUT2D eigenvalue weighted by molar-refractivity contribution is 5.75. The Labute approximate surface area is 123 Å². The van der Waals surface area contributed by atoms with Gasteiger partial charge in [-0.05, 0) is 24.6 Å². The molecule has 1 N–H and O–H groups in total. The molecule has 21 heavy (non-hydrogen) atoms. The van der Waals surface area contributed by atoms with Crippen molar-refractivity contribution >= 4 is 5.91 Å². The molecule has 0 unspecified atom stereocenters. The Hall–Kier alpha value is -2.30. The number of ether oxygens (including phenoxy) is 1. The van der Waals surface area contributed by atoms with Crippen LogP contribution in [0.15, 0.2) is 36.5 Å². The zero-order chi connectivity index (χ0) is 14.7. The van der Waals surface area contributed by atoms with Crippen LogP contribution in [0.1, 0.15) is 17.7 Å². The Morgan fingerprint density at radius 1 is 1.43 bits per heavy atom. The molecule has 0 bridgehead atoms. The predicted octanol–water partition coefficient (Wildman–Crippen LogP) is 1.70. The third-order valence-electron chi connectivity index (χ3n) is 3.58. The predicted molar refractivity (Wildman–Crippen MR) is 79.2 cm³/mol. The van der Waals surface area contributed by atoms with Crippen molar-refractivity contribution in [1.29, 1.82) is 0 Å². The molecular weight excluding hydrogens is 266 g/mol. The molecule has 0 saturated heterocycles. The lowest BCUT2D eigenvalue weighted by atomic mass is 10.1. The van der Waals surface area contributed by atoms with Crippen LogP contribution in [-0.2, 0) is 17.8 Å². The van der Waals surface area contributed by atoms with Gasteiger partial charge >= 0.3 is 0 Å². The van der Waals surface area contributed by atoms with Gasteiger partial charge in [0.1, 0.15) is 11.9 Å². The molecule has 3 rings (SSSR count). The van der Waals surface area contributed by atoms with Gasteiger partial charge in [-0.25, -0.2) is 0 Å². The third-order valence-corrected chi connectivity index (χ3v) is 3.58. The smallest absolute Gasteiger partial charge is 0.221 e. The highest BCUT2D eigenvalue weighted by atomic mass is 16.5. The number of para-hydroxylation sites is 1. The number of hydrogen-bond donors (Lipinski definition) is 1. The number of fused-ring (bicyclic) bond motifs is 1. The summed E-state index contributed by atoms with van der Waals surface area (Å²) in [6.07, 6.45) is 3.22. The molecule has 5 nitrogen and oxygen atoms in total. The Kier molecular flexibility index (Phi) is 3.90. The van der Waals surface area contributed by atoms with E-state index in [1.165, 1.54) is 5.56 Å². The van der Waals surface area contributed by atoms with Crippen molar-refractivity contribution < 1.29 is 9.53 Å². The molecule has 1 aliphatic rings. The average Bonchev–Trinajstić information content (AvgIpc) is 3.08.